The lowest BCUT2D eigenvalue weighted by Gasteiger charge is -2.09. The molecule has 0 spiro atoms. The number of aromatic carboxylic acids is 1. The Kier molecular flexibility index (Phi) is 3.48. The highest BCUT2D eigenvalue weighted by Gasteiger charge is 2.04. The molecule has 94 valence electrons. The molecule has 2 N–H and O–H groups in total. The highest BCUT2D eigenvalue weighted by atomic mass is 16.4. The molecule has 0 saturated heterocycles. The largest absolute Gasteiger partial charge is 0.478 e. The predicted molar refractivity (Wildman–Crippen MR) is 72.6 cm³/mol. The minimum atomic E-state index is -0.959. The number of hydrogen-bond acceptors (Lipinski definition) is 3. The van der Waals surface area contributed by atoms with Crippen LogP contribution >= 0.6 is 0 Å². The fourth-order valence-electron chi connectivity index (χ4n) is 1.71. The number of rotatable bonds is 3. The van der Waals surface area contributed by atoms with Gasteiger partial charge >= 0.3 is 5.97 Å². The Bertz CT molecular complexity index is 655. The van der Waals surface area contributed by atoms with E-state index in [0.29, 0.717) is 11.3 Å². The molecule has 2 aromatic carbocycles. The highest BCUT2D eigenvalue weighted by molar-refractivity contribution is 5.88. The van der Waals surface area contributed by atoms with Crippen molar-refractivity contribution in [1.29, 1.82) is 5.26 Å². The molecule has 0 unspecified atom stereocenters. The number of carboxylic acid groups (broad SMARTS) is 1. The van der Waals surface area contributed by atoms with Crippen molar-refractivity contribution in [3.8, 4) is 6.07 Å². The van der Waals surface area contributed by atoms with Gasteiger partial charge in [-0.15, -0.1) is 0 Å². The van der Waals surface area contributed by atoms with Crippen LogP contribution in [0.15, 0.2) is 42.5 Å². The summed E-state index contributed by atoms with van der Waals surface area (Å²) in [6.45, 7) is 1.92. The number of carbonyl (C=O) groups is 1. The zero-order valence-electron chi connectivity index (χ0n) is 10.3. The van der Waals surface area contributed by atoms with Crippen LogP contribution in [0.5, 0.6) is 0 Å². The smallest absolute Gasteiger partial charge is 0.335 e. The second-order valence-corrected chi connectivity index (χ2v) is 4.17. The van der Waals surface area contributed by atoms with E-state index >= 15 is 0 Å². The third-order valence-electron chi connectivity index (χ3n) is 2.71. The first-order chi connectivity index (χ1) is 9.10. The van der Waals surface area contributed by atoms with Crippen LogP contribution in [0.2, 0.25) is 0 Å². The summed E-state index contributed by atoms with van der Waals surface area (Å²) >= 11 is 0. The molecule has 0 amide bonds. The number of benzene rings is 2. The normalized spacial score (nSPS) is 9.68. The molecule has 0 aliphatic carbocycles. The van der Waals surface area contributed by atoms with Crippen molar-refractivity contribution in [1.82, 2.24) is 0 Å². The first-order valence-electron chi connectivity index (χ1n) is 5.71. The van der Waals surface area contributed by atoms with Crippen molar-refractivity contribution >= 4 is 17.3 Å². The van der Waals surface area contributed by atoms with Crippen LogP contribution in [0.1, 0.15) is 21.5 Å². The van der Waals surface area contributed by atoms with Gasteiger partial charge in [-0.05, 0) is 48.9 Å². The van der Waals surface area contributed by atoms with E-state index in [1.165, 1.54) is 12.1 Å². The number of anilines is 2. The van der Waals surface area contributed by atoms with Crippen LogP contribution in [0.3, 0.4) is 0 Å². The molecule has 0 aromatic heterocycles. The second-order valence-electron chi connectivity index (χ2n) is 4.17. The Morgan fingerprint density at radius 1 is 1.21 bits per heavy atom. The van der Waals surface area contributed by atoms with Gasteiger partial charge in [0.05, 0.1) is 16.8 Å². The van der Waals surface area contributed by atoms with Gasteiger partial charge in [-0.2, -0.15) is 5.26 Å². The van der Waals surface area contributed by atoms with Gasteiger partial charge in [-0.3, -0.25) is 0 Å². The van der Waals surface area contributed by atoms with E-state index in [2.05, 4.69) is 11.4 Å². The van der Waals surface area contributed by atoms with Crippen LogP contribution in [-0.4, -0.2) is 11.1 Å². The fourth-order valence-corrected chi connectivity index (χ4v) is 1.71. The van der Waals surface area contributed by atoms with Gasteiger partial charge in [0.15, 0.2) is 0 Å². The molecule has 2 rings (SSSR count). The Hall–Kier alpha value is -2.80. The molecule has 0 bridgehead atoms. The third kappa shape index (κ3) is 2.90. The van der Waals surface area contributed by atoms with Crippen LogP contribution in [-0.2, 0) is 0 Å². The average Bonchev–Trinajstić information content (AvgIpc) is 2.41. The summed E-state index contributed by atoms with van der Waals surface area (Å²) in [6, 6.07) is 14.1. The van der Waals surface area contributed by atoms with Gasteiger partial charge in [-0.25, -0.2) is 4.79 Å². The van der Waals surface area contributed by atoms with Gasteiger partial charge in [0.2, 0.25) is 0 Å². The Morgan fingerprint density at radius 3 is 2.47 bits per heavy atom. The van der Waals surface area contributed by atoms with E-state index in [1.807, 2.05) is 19.1 Å². The molecule has 0 heterocycles. The number of carboxylic acids is 1. The number of hydrogen-bond donors (Lipinski definition) is 2. The highest BCUT2D eigenvalue weighted by Crippen LogP contribution is 2.21. The van der Waals surface area contributed by atoms with E-state index in [-0.39, 0.29) is 5.56 Å². The Balaban J connectivity index is 2.26. The molecular weight excluding hydrogens is 240 g/mol. The van der Waals surface area contributed by atoms with Crippen molar-refractivity contribution in [2.45, 2.75) is 6.92 Å². The van der Waals surface area contributed by atoms with E-state index in [9.17, 15) is 4.79 Å². The average molecular weight is 252 g/mol. The molecule has 0 atom stereocenters. The lowest BCUT2D eigenvalue weighted by atomic mass is 10.1. The van der Waals surface area contributed by atoms with Crippen molar-refractivity contribution in [3.05, 3.63) is 59.2 Å². The number of nitrogens with zero attached hydrogens (tertiary/aromatic N) is 1. The maximum absolute atomic E-state index is 10.7. The lowest BCUT2D eigenvalue weighted by molar-refractivity contribution is 0.0697. The first-order valence-corrected chi connectivity index (χ1v) is 5.71. The first kappa shape index (κ1) is 12.7. The molecular formula is C15H12N2O2. The topological polar surface area (TPSA) is 73.1 Å². The SMILES string of the molecule is Cc1ccc(Nc2ccc(C(=O)O)cc2)c(C#N)c1. The van der Waals surface area contributed by atoms with Gasteiger partial charge in [-0.1, -0.05) is 6.07 Å². The van der Waals surface area contributed by atoms with Crippen LogP contribution in [0.25, 0.3) is 0 Å². The van der Waals surface area contributed by atoms with Gasteiger partial charge in [0.1, 0.15) is 6.07 Å². The van der Waals surface area contributed by atoms with Crippen LogP contribution in [0.4, 0.5) is 11.4 Å². The summed E-state index contributed by atoms with van der Waals surface area (Å²) in [7, 11) is 0. The minimum Gasteiger partial charge on any atom is -0.478 e. The number of aryl methyl sites for hydroxylation is 1. The van der Waals surface area contributed by atoms with Gasteiger partial charge in [0.25, 0.3) is 0 Å². The fraction of sp³-hybridized carbons (Fsp3) is 0.0667. The summed E-state index contributed by atoms with van der Waals surface area (Å²) in [5.74, 6) is -0.959. The standard InChI is InChI=1S/C15H12N2O2/c1-10-2-7-14(12(8-10)9-16)17-13-5-3-11(4-6-13)15(18)19/h2-8,17H,1H3,(H,18,19). The van der Waals surface area contributed by atoms with Gasteiger partial charge < -0.3 is 10.4 Å². The molecule has 0 aliphatic heterocycles. The quantitative estimate of drug-likeness (QED) is 0.878. The molecule has 0 saturated carbocycles. The molecule has 2 aromatic rings. The van der Waals surface area contributed by atoms with Crippen molar-refractivity contribution in [3.63, 3.8) is 0 Å². The van der Waals surface area contributed by atoms with E-state index < -0.39 is 5.97 Å². The molecule has 0 aliphatic rings. The molecule has 4 nitrogen and oxygen atoms in total. The summed E-state index contributed by atoms with van der Waals surface area (Å²) < 4.78 is 0. The van der Waals surface area contributed by atoms with Crippen molar-refractivity contribution in [2.24, 2.45) is 0 Å². The Labute approximate surface area is 110 Å². The number of nitrogens with one attached hydrogen (secondary N) is 1. The summed E-state index contributed by atoms with van der Waals surface area (Å²) in [4.78, 5) is 10.7. The summed E-state index contributed by atoms with van der Waals surface area (Å²) in [5.41, 5.74) is 3.25. The van der Waals surface area contributed by atoms with E-state index in [4.69, 9.17) is 10.4 Å². The van der Waals surface area contributed by atoms with E-state index in [0.717, 1.165) is 11.3 Å². The zero-order valence-corrected chi connectivity index (χ0v) is 10.3. The molecule has 19 heavy (non-hydrogen) atoms. The zero-order chi connectivity index (χ0) is 13.8. The van der Waals surface area contributed by atoms with Crippen LogP contribution in [0, 0.1) is 18.3 Å². The minimum absolute atomic E-state index is 0.231. The maximum atomic E-state index is 10.7. The Morgan fingerprint density at radius 2 is 1.89 bits per heavy atom. The third-order valence-corrected chi connectivity index (χ3v) is 2.71. The summed E-state index contributed by atoms with van der Waals surface area (Å²) in [6.07, 6.45) is 0. The van der Waals surface area contributed by atoms with E-state index in [1.54, 1.807) is 18.2 Å². The molecule has 4 heteroatoms. The van der Waals surface area contributed by atoms with Crippen molar-refractivity contribution in [2.75, 3.05) is 5.32 Å². The monoisotopic (exact) mass is 252 g/mol. The maximum Gasteiger partial charge on any atom is 0.335 e. The number of nitriles is 1. The lowest BCUT2D eigenvalue weighted by Crippen LogP contribution is -1.97. The molecule has 0 radical (unpaired) electrons. The van der Waals surface area contributed by atoms with Gasteiger partial charge in [0, 0.05) is 5.69 Å². The summed E-state index contributed by atoms with van der Waals surface area (Å²) in [5, 5.41) is 21.0. The predicted octanol–water partition coefficient (Wildman–Crippen LogP) is 3.31. The van der Waals surface area contributed by atoms with Crippen LogP contribution < -0.4 is 5.32 Å². The second kappa shape index (κ2) is 5.23. The van der Waals surface area contributed by atoms with Crippen molar-refractivity contribution < 1.29 is 9.90 Å². The molecule has 0 fully saturated rings.